The van der Waals surface area contributed by atoms with Gasteiger partial charge in [0.15, 0.2) is 0 Å². The van der Waals surface area contributed by atoms with Crippen LogP contribution in [0, 0.1) is 5.82 Å². The zero-order valence-electron chi connectivity index (χ0n) is 16.3. The number of aryl methyl sites for hydroxylation is 1. The van der Waals surface area contributed by atoms with Crippen molar-refractivity contribution in [3.05, 3.63) is 59.0 Å². The van der Waals surface area contributed by atoms with Crippen molar-refractivity contribution < 1.29 is 9.13 Å². The average molecular weight is 459 g/mol. The summed E-state index contributed by atoms with van der Waals surface area (Å²) >= 11 is 3.59. The van der Waals surface area contributed by atoms with E-state index in [0.29, 0.717) is 18.3 Å². The number of aromatic nitrogens is 2. The molecule has 152 valence electrons. The molecule has 1 unspecified atom stereocenters. The molecule has 3 aromatic rings. The van der Waals surface area contributed by atoms with E-state index < -0.39 is 0 Å². The maximum atomic E-state index is 13.5. The van der Waals surface area contributed by atoms with Crippen LogP contribution in [0.15, 0.2) is 53.1 Å². The first-order chi connectivity index (χ1) is 14.1. The van der Waals surface area contributed by atoms with Crippen LogP contribution < -0.4 is 15.4 Å². The van der Waals surface area contributed by atoms with E-state index in [1.807, 2.05) is 36.0 Å². The molecule has 0 bridgehead atoms. The Hall–Kier alpha value is -2.38. The van der Waals surface area contributed by atoms with Gasteiger partial charge in [0.25, 0.3) is 0 Å². The summed E-state index contributed by atoms with van der Waals surface area (Å²) in [4.78, 5) is 0. The van der Waals surface area contributed by atoms with Gasteiger partial charge in [-0.25, -0.2) is 4.39 Å². The van der Waals surface area contributed by atoms with Gasteiger partial charge in [0.2, 0.25) is 0 Å². The van der Waals surface area contributed by atoms with Crippen LogP contribution in [0.1, 0.15) is 19.3 Å². The van der Waals surface area contributed by atoms with Gasteiger partial charge >= 0.3 is 0 Å². The molecule has 0 amide bonds. The highest BCUT2D eigenvalue weighted by Crippen LogP contribution is 2.37. The first-order valence-corrected chi connectivity index (χ1v) is 10.6. The summed E-state index contributed by atoms with van der Waals surface area (Å²) in [6.07, 6.45) is 5.20. The topological polar surface area (TPSA) is 51.1 Å². The second-order valence-electron chi connectivity index (χ2n) is 7.24. The molecule has 29 heavy (non-hydrogen) atoms. The lowest BCUT2D eigenvalue weighted by Gasteiger charge is -2.16. The number of nitrogens with one attached hydrogen (secondary N) is 2. The van der Waals surface area contributed by atoms with Crippen LogP contribution in [0.4, 0.5) is 15.8 Å². The number of ether oxygens (including phenoxy) is 1. The molecule has 0 aliphatic carbocycles. The van der Waals surface area contributed by atoms with Crippen molar-refractivity contribution in [3.63, 3.8) is 0 Å². The van der Waals surface area contributed by atoms with E-state index in [2.05, 4.69) is 31.7 Å². The second kappa shape index (κ2) is 8.97. The maximum absolute atomic E-state index is 13.5. The molecule has 5 nitrogen and oxygen atoms in total. The molecule has 0 saturated carbocycles. The Morgan fingerprint density at radius 2 is 2.14 bits per heavy atom. The van der Waals surface area contributed by atoms with E-state index in [0.717, 1.165) is 40.1 Å². The molecule has 2 aromatic carbocycles. The van der Waals surface area contributed by atoms with Crippen molar-refractivity contribution >= 4 is 27.3 Å². The number of benzene rings is 2. The largest absolute Gasteiger partial charge is 0.493 e. The lowest BCUT2D eigenvalue weighted by Crippen LogP contribution is -2.23. The number of hydrogen-bond acceptors (Lipinski definition) is 4. The lowest BCUT2D eigenvalue weighted by molar-refractivity contribution is 0.293. The highest BCUT2D eigenvalue weighted by atomic mass is 79.9. The molecule has 2 heterocycles. The van der Waals surface area contributed by atoms with E-state index in [1.165, 1.54) is 25.0 Å². The van der Waals surface area contributed by atoms with Crippen molar-refractivity contribution in [1.82, 2.24) is 15.1 Å². The fraction of sp³-hybridized carbons (Fsp3) is 0.318. The van der Waals surface area contributed by atoms with E-state index in [9.17, 15) is 4.39 Å². The van der Waals surface area contributed by atoms with Gasteiger partial charge in [-0.2, -0.15) is 5.10 Å². The Morgan fingerprint density at radius 1 is 1.28 bits per heavy atom. The molecule has 1 atom stereocenters. The van der Waals surface area contributed by atoms with Crippen LogP contribution in [0.3, 0.4) is 0 Å². The van der Waals surface area contributed by atoms with Crippen LogP contribution >= 0.6 is 15.9 Å². The van der Waals surface area contributed by atoms with Crippen molar-refractivity contribution in [3.8, 4) is 17.0 Å². The van der Waals surface area contributed by atoms with Crippen molar-refractivity contribution in [2.45, 2.75) is 25.3 Å². The monoisotopic (exact) mass is 458 g/mol. The standard InChI is InChI=1S/C22H24BrFN4O/c1-28-22(20(23)14-26-28)19-13-18(27-17-5-2-4-15(24)12-17)7-8-21(19)29-11-9-16-6-3-10-25-16/h2,4-5,7-8,12-14,16,25,27H,3,6,9-11H2,1H3. The Kier molecular flexibility index (Phi) is 6.16. The molecule has 2 N–H and O–H groups in total. The van der Waals surface area contributed by atoms with Gasteiger partial charge in [-0.1, -0.05) is 6.07 Å². The summed E-state index contributed by atoms with van der Waals surface area (Å²) in [6, 6.07) is 12.9. The van der Waals surface area contributed by atoms with E-state index in [1.54, 1.807) is 12.3 Å². The first-order valence-electron chi connectivity index (χ1n) is 9.81. The molecule has 1 aliphatic rings. The molecular weight excluding hydrogens is 435 g/mol. The van der Waals surface area contributed by atoms with Crippen LogP contribution in [0.25, 0.3) is 11.3 Å². The minimum atomic E-state index is -0.273. The fourth-order valence-electron chi connectivity index (χ4n) is 3.68. The van der Waals surface area contributed by atoms with Gasteiger partial charge in [0.05, 0.1) is 23.0 Å². The Morgan fingerprint density at radius 3 is 2.86 bits per heavy atom. The summed E-state index contributed by atoms with van der Waals surface area (Å²) in [6.45, 7) is 1.75. The Labute approximate surface area is 178 Å². The highest BCUT2D eigenvalue weighted by molar-refractivity contribution is 9.10. The fourth-order valence-corrected chi connectivity index (χ4v) is 4.24. The zero-order chi connectivity index (χ0) is 20.2. The number of anilines is 2. The lowest BCUT2D eigenvalue weighted by atomic mass is 10.1. The van der Waals surface area contributed by atoms with Crippen LogP contribution in [-0.4, -0.2) is 29.0 Å². The molecule has 1 saturated heterocycles. The quantitative estimate of drug-likeness (QED) is 0.507. The van der Waals surface area contributed by atoms with E-state index in [-0.39, 0.29) is 5.82 Å². The summed E-state index contributed by atoms with van der Waals surface area (Å²) in [5, 5.41) is 11.1. The molecular formula is C22H24BrFN4O. The third-order valence-electron chi connectivity index (χ3n) is 5.13. The number of nitrogens with zero attached hydrogens (tertiary/aromatic N) is 2. The molecule has 7 heteroatoms. The predicted molar refractivity (Wildman–Crippen MR) is 117 cm³/mol. The average Bonchev–Trinajstić information content (AvgIpc) is 3.33. The van der Waals surface area contributed by atoms with Crippen molar-refractivity contribution in [2.75, 3.05) is 18.5 Å². The zero-order valence-corrected chi connectivity index (χ0v) is 17.9. The van der Waals surface area contributed by atoms with E-state index >= 15 is 0 Å². The SMILES string of the molecule is Cn1ncc(Br)c1-c1cc(Nc2cccc(F)c2)ccc1OCCC1CCCN1. The molecule has 0 spiro atoms. The first kappa shape index (κ1) is 19.9. The molecule has 1 aliphatic heterocycles. The van der Waals surface area contributed by atoms with Gasteiger partial charge in [-0.3, -0.25) is 4.68 Å². The Bertz CT molecular complexity index is 965. The highest BCUT2D eigenvalue weighted by Gasteiger charge is 2.17. The Balaban J connectivity index is 1.59. The third kappa shape index (κ3) is 4.79. The van der Waals surface area contributed by atoms with Gasteiger partial charge in [-0.05, 0) is 78.1 Å². The second-order valence-corrected chi connectivity index (χ2v) is 8.10. The van der Waals surface area contributed by atoms with Gasteiger partial charge in [0.1, 0.15) is 11.6 Å². The number of halogens is 2. The van der Waals surface area contributed by atoms with Gasteiger partial charge in [0, 0.05) is 30.0 Å². The third-order valence-corrected chi connectivity index (χ3v) is 5.71. The van der Waals surface area contributed by atoms with Crippen molar-refractivity contribution in [2.24, 2.45) is 7.05 Å². The summed E-state index contributed by atoms with van der Waals surface area (Å²) < 4.78 is 22.4. The molecule has 0 radical (unpaired) electrons. The smallest absolute Gasteiger partial charge is 0.128 e. The van der Waals surface area contributed by atoms with E-state index in [4.69, 9.17) is 4.74 Å². The minimum absolute atomic E-state index is 0.273. The van der Waals surface area contributed by atoms with Gasteiger partial charge < -0.3 is 15.4 Å². The molecule has 4 rings (SSSR count). The van der Waals surface area contributed by atoms with Gasteiger partial charge in [-0.15, -0.1) is 0 Å². The number of hydrogen-bond donors (Lipinski definition) is 2. The predicted octanol–water partition coefficient (Wildman–Crippen LogP) is 5.25. The molecule has 1 aromatic heterocycles. The van der Waals surface area contributed by atoms with Crippen LogP contribution in [0.5, 0.6) is 5.75 Å². The minimum Gasteiger partial charge on any atom is -0.493 e. The summed E-state index contributed by atoms with van der Waals surface area (Å²) in [5.74, 6) is 0.530. The molecule has 1 fully saturated rings. The normalized spacial score (nSPS) is 16.2. The summed E-state index contributed by atoms with van der Waals surface area (Å²) in [5.41, 5.74) is 3.41. The number of rotatable bonds is 7. The maximum Gasteiger partial charge on any atom is 0.128 e. The van der Waals surface area contributed by atoms with Crippen molar-refractivity contribution in [1.29, 1.82) is 0 Å². The van der Waals surface area contributed by atoms with Crippen LogP contribution in [0.2, 0.25) is 0 Å². The van der Waals surface area contributed by atoms with Crippen LogP contribution in [-0.2, 0) is 7.05 Å². The summed E-state index contributed by atoms with van der Waals surface area (Å²) in [7, 11) is 1.90.